The standard InChI is InChI=1S/C24H25ClN4O/c1-17-15-23(29-13-11-28(2)12-14-29)27-22-9-8-19(16-20(17)22)26-24(30)10-7-18-5-3-4-6-21(18)25/h3-10,15-16H,11-14H2,1-2H3,(H,26,30). The zero-order chi connectivity index (χ0) is 21.1. The Morgan fingerprint density at radius 3 is 2.63 bits per heavy atom. The first kappa shape index (κ1) is 20.4. The van der Waals surface area contributed by atoms with Crippen LogP contribution in [0.15, 0.2) is 54.6 Å². The minimum Gasteiger partial charge on any atom is -0.354 e. The summed E-state index contributed by atoms with van der Waals surface area (Å²) in [4.78, 5) is 21.9. The summed E-state index contributed by atoms with van der Waals surface area (Å²) in [5.74, 6) is 0.821. The monoisotopic (exact) mass is 420 g/mol. The van der Waals surface area contributed by atoms with Crippen LogP contribution in [-0.2, 0) is 4.79 Å². The lowest BCUT2D eigenvalue weighted by Crippen LogP contribution is -2.44. The van der Waals surface area contributed by atoms with Crippen LogP contribution in [-0.4, -0.2) is 49.0 Å². The van der Waals surface area contributed by atoms with Crippen LogP contribution < -0.4 is 10.2 Å². The fourth-order valence-corrected chi connectivity index (χ4v) is 3.81. The summed E-state index contributed by atoms with van der Waals surface area (Å²) in [7, 11) is 2.15. The third kappa shape index (κ3) is 4.64. The average molecular weight is 421 g/mol. The Kier molecular flexibility index (Phi) is 6.02. The Bertz CT molecular complexity index is 1100. The van der Waals surface area contributed by atoms with E-state index in [2.05, 4.69) is 35.2 Å². The van der Waals surface area contributed by atoms with Crippen molar-refractivity contribution in [1.82, 2.24) is 9.88 Å². The van der Waals surface area contributed by atoms with Crippen molar-refractivity contribution in [3.8, 4) is 0 Å². The van der Waals surface area contributed by atoms with E-state index in [1.165, 1.54) is 6.08 Å². The van der Waals surface area contributed by atoms with Gasteiger partial charge in [-0.15, -0.1) is 0 Å². The molecule has 0 bridgehead atoms. The van der Waals surface area contributed by atoms with Crippen molar-refractivity contribution in [1.29, 1.82) is 0 Å². The van der Waals surface area contributed by atoms with Gasteiger partial charge in [0.1, 0.15) is 5.82 Å². The number of benzene rings is 2. The number of anilines is 2. The van der Waals surface area contributed by atoms with Crippen LogP contribution in [0.3, 0.4) is 0 Å². The Morgan fingerprint density at radius 1 is 1.10 bits per heavy atom. The average Bonchev–Trinajstić information content (AvgIpc) is 2.74. The summed E-state index contributed by atoms with van der Waals surface area (Å²) in [5, 5.41) is 4.58. The van der Waals surface area contributed by atoms with Gasteiger partial charge in [0.2, 0.25) is 5.91 Å². The minimum atomic E-state index is -0.200. The SMILES string of the molecule is Cc1cc(N2CCN(C)CC2)nc2ccc(NC(=O)C=Cc3ccccc3Cl)cc12. The van der Waals surface area contributed by atoms with Gasteiger partial charge in [0.25, 0.3) is 0 Å². The van der Waals surface area contributed by atoms with Gasteiger partial charge in [-0.3, -0.25) is 4.79 Å². The number of carbonyl (C=O) groups excluding carboxylic acids is 1. The van der Waals surface area contributed by atoms with Crippen LogP contribution in [0, 0.1) is 6.92 Å². The largest absolute Gasteiger partial charge is 0.354 e. The molecule has 0 unspecified atom stereocenters. The second kappa shape index (κ2) is 8.86. The molecule has 1 aromatic heterocycles. The highest BCUT2D eigenvalue weighted by Crippen LogP contribution is 2.26. The molecule has 1 fully saturated rings. The molecule has 30 heavy (non-hydrogen) atoms. The molecular weight excluding hydrogens is 396 g/mol. The Hall–Kier alpha value is -2.89. The van der Waals surface area contributed by atoms with Crippen molar-refractivity contribution in [2.45, 2.75) is 6.92 Å². The number of rotatable bonds is 4. The van der Waals surface area contributed by atoms with Gasteiger partial charge in [0.05, 0.1) is 5.52 Å². The van der Waals surface area contributed by atoms with E-state index in [1.54, 1.807) is 12.1 Å². The Labute approximate surface area is 182 Å². The van der Waals surface area contributed by atoms with E-state index in [-0.39, 0.29) is 5.91 Å². The summed E-state index contributed by atoms with van der Waals surface area (Å²) in [5.41, 5.74) is 3.64. The van der Waals surface area contributed by atoms with Crippen LogP contribution >= 0.6 is 11.6 Å². The number of halogens is 1. The molecule has 0 radical (unpaired) electrons. The van der Waals surface area contributed by atoms with Gasteiger partial charge in [-0.2, -0.15) is 0 Å². The van der Waals surface area contributed by atoms with Crippen LogP contribution in [0.4, 0.5) is 11.5 Å². The smallest absolute Gasteiger partial charge is 0.248 e. The second-order valence-corrected chi connectivity index (χ2v) is 8.07. The van der Waals surface area contributed by atoms with E-state index in [4.69, 9.17) is 16.6 Å². The fourth-order valence-electron chi connectivity index (χ4n) is 3.61. The Morgan fingerprint density at radius 2 is 1.87 bits per heavy atom. The fraction of sp³-hybridized carbons (Fsp3) is 0.250. The molecule has 3 aromatic rings. The number of likely N-dealkylation sites (N-methyl/N-ethyl adjacent to an activating group) is 1. The predicted molar refractivity (Wildman–Crippen MR) is 125 cm³/mol. The number of nitrogens with zero attached hydrogens (tertiary/aromatic N) is 3. The molecule has 154 valence electrons. The zero-order valence-electron chi connectivity index (χ0n) is 17.2. The normalized spacial score (nSPS) is 15.1. The molecule has 0 saturated carbocycles. The van der Waals surface area contributed by atoms with Crippen molar-refractivity contribution in [2.75, 3.05) is 43.4 Å². The lowest BCUT2D eigenvalue weighted by atomic mass is 10.1. The van der Waals surface area contributed by atoms with Crippen molar-refractivity contribution < 1.29 is 4.79 Å². The maximum absolute atomic E-state index is 12.3. The summed E-state index contributed by atoms with van der Waals surface area (Å²) >= 11 is 6.13. The Balaban J connectivity index is 1.50. The first-order chi connectivity index (χ1) is 14.5. The van der Waals surface area contributed by atoms with E-state index >= 15 is 0 Å². The van der Waals surface area contributed by atoms with Crippen molar-refractivity contribution in [3.05, 3.63) is 70.8 Å². The van der Waals surface area contributed by atoms with Gasteiger partial charge >= 0.3 is 0 Å². The number of pyridine rings is 1. The van der Waals surface area contributed by atoms with Crippen LogP contribution in [0.5, 0.6) is 0 Å². The summed E-state index contributed by atoms with van der Waals surface area (Å²) in [6, 6.07) is 15.4. The molecule has 5 nitrogen and oxygen atoms in total. The van der Waals surface area contributed by atoms with Crippen molar-refractivity contribution in [2.24, 2.45) is 0 Å². The molecule has 2 heterocycles. The van der Waals surface area contributed by atoms with E-state index in [0.29, 0.717) is 5.02 Å². The van der Waals surface area contributed by atoms with E-state index in [9.17, 15) is 4.79 Å². The molecular formula is C24H25ClN4O. The molecule has 0 spiro atoms. The first-order valence-corrected chi connectivity index (χ1v) is 10.5. The summed E-state index contributed by atoms with van der Waals surface area (Å²) in [6.07, 6.45) is 3.21. The van der Waals surface area contributed by atoms with Crippen LogP contribution in [0.2, 0.25) is 5.02 Å². The number of fused-ring (bicyclic) bond motifs is 1. The number of piperazine rings is 1. The van der Waals surface area contributed by atoms with Gasteiger partial charge < -0.3 is 15.1 Å². The van der Waals surface area contributed by atoms with Gasteiger partial charge in [0.15, 0.2) is 0 Å². The number of carbonyl (C=O) groups is 1. The first-order valence-electron chi connectivity index (χ1n) is 10.1. The molecule has 2 aromatic carbocycles. The number of hydrogen-bond donors (Lipinski definition) is 1. The van der Waals surface area contributed by atoms with Gasteiger partial charge in [-0.05, 0) is 61.5 Å². The highest BCUT2D eigenvalue weighted by Gasteiger charge is 2.16. The number of hydrogen-bond acceptors (Lipinski definition) is 4. The third-order valence-electron chi connectivity index (χ3n) is 5.42. The molecule has 1 aliphatic rings. The zero-order valence-corrected chi connectivity index (χ0v) is 18.0. The third-order valence-corrected chi connectivity index (χ3v) is 5.76. The molecule has 0 aliphatic carbocycles. The lowest BCUT2D eigenvalue weighted by Gasteiger charge is -2.33. The maximum Gasteiger partial charge on any atom is 0.248 e. The molecule has 1 amide bonds. The minimum absolute atomic E-state index is 0.200. The number of aryl methyl sites for hydroxylation is 1. The molecule has 4 rings (SSSR count). The predicted octanol–water partition coefficient (Wildman–Crippen LogP) is 4.60. The number of aromatic nitrogens is 1. The highest BCUT2D eigenvalue weighted by atomic mass is 35.5. The van der Waals surface area contributed by atoms with Crippen molar-refractivity contribution in [3.63, 3.8) is 0 Å². The van der Waals surface area contributed by atoms with Crippen LogP contribution in [0.1, 0.15) is 11.1 Å². The quantitative estimate of drug-likeness (QED) is 0.626. The lowest BCUT2D eigenvalue weighted by molar-refractivity contribution is -0.111. The maximum atomic E-state index is 12.3. The number of nitrogens with one attached hydrogen (secondary N) is 1. The van der Waals surface area contributed by atoms with E-state index in [1.807, 2.05) is 36.4 Å². The topological polar surface area (TPSA) is 48.5 Å². The van der Waals surface area contributed by atoms with Gasteiger partial charge in [-0.25, -0.2) is 4.98 Å². The molecule has 6 heteroatoms. The molecule has 1 saturated heterocycles. The summed E-state index contributed by atoms with van der Waals surface area (Å²) < 4.78 is 0. The molecule has 0 atom stereocenters. The number of amides is 1. The van der Waals surface area contributed by atoms with Gasteiger partial charge in [-0.1, -0.05) is 29.8 Å². The van der Waals surface area contributed by atoms with E-state index in [0.717, 1.165) is 59.7 Å². The summed E-state index contributed by atoms with van der Waals surface area (Å²) in [6.45, 7) is 6.16. The van der Waals surface area contributed by atoms with Crippen molar-refractivity contribution >= 4 is 46.0 Å². The second-order valence-electron chi connectivity index (χ2n) is 7.66. The molecule has 1 N–H and O–H groups in total. The highest BCUT2D eigenvalue weighted by molar-refractivity contribution is 6.32. The molecule has 1 aliphatic heterocycles. The van der Waals surface area contributed by atoms with Gasteiger partial charge in [0, 0.05) is 48.4 Å². The van der Waals surface area contributed by atoms with Crippen LogP contribution in [0.25, 0.3) is 17.0 Å². The van der Waals surface area contributed by atoms with E-state index < -0.39 is 0 Å².